The van der Waals surface area contributed by atoms with Gasteiger partial charge in [0.1, 0.15) is 4.88 Å². The summed E-state index contributed by atoms with van der Waals surface area (Å²) in [7, 11) is 0. The Morgan fingerprint density at radius 3 is 2.81 bits per heavy atom. The molecule has 6 heteroatoms. The van der Waals surface area contributed by atoms with Gasteiger partial charge in [-0.15, -0.1) is 11.3 Å². The minimum Gasteiger partial charge on any atom is -0.454 e. The molecule has 1 aromatic heterocycles. The van der Waals surface area contributed by atoms with Crippen molar-refractivity contribution in [2.45, 2.75) is 6.92 Å². The van der Waals surface area contributed by atoms with Crippen LogP contribution in [0.15, 0.2) is 29.6 Å². The van der Waals surface area contributed by atoms with Crippen LogP contribution in [0.4, 0.5) is 0 Å². The summed E-state index contributed by atoms with van der Waals surface area (Å²) in [6.07, 6.45) is 0. The van der Waals surface area contributed by atoms with E-state index in [0.717, 1.165) is 5.56 Å². The van der Waals surface area contributed by atoms with Crippen LogP contribution in [0.1, 0.15) is 25.6 Å². The normalized spacial score (nSPS) is 12.2. The molecule has 0 saturated carbocycles. The lowest BCUT2D eigenvalue weighted by Gasteiger charge is -2.04. The largest absolute Gasteiger partial charge is 0.454 e. The fourth-order valence-electron chi connectivity index (χ4n) is 1.93. The zero-order valence-electron chi connectivity index (χ0n) is 11.3. The highest BCUT2D eigenvalue weighted by Crippen LogP contribution is 2.32. The number of carbonyl (C=O) groups is 2. The maximum Gasteiger partial charge on any atom is 0.349 e. The topological polar surface area (TPSA) is 61.8 Å². The highest BCUT2D eigenvalue weighted by atomic mass is 32.1. The molecular formula is C15H12O5S. The van der Waals surface area contributed by atoms with Crippen molar-refractivity contribution in [1.29, 1.82) is 0 Å². The molecule has 5 nitrogen and oxygen atoms in total. The maximum absolute atomic E-state index is 12.0. The number of Topliss-reactive ketones (excluding diaryl/α,β-unsaturated/α-hetero) is 1. The van der Waals surface area contributed by atoms with Crippen LogP contribution in [0.3, 0.4) is 0 Å². The van der Waals surface area contributed by atoms with E-state index in [9.17, 15) is 9.59 Å². The Hall–Kier alpha value is -2.34. The third kappa shape index (κ3) is 2.75. The molecule has 0 saturated heterocycles. The van der Waals surface area contributed by atoms with Gasteiger partial charge >= 0.3 is 5.97 Å². The minimum absolute atomic E-state index is 0.152. The van der Waals surface area contributed by atoms with Crippen LogP contribution >= 0.6 is 11.3 Å². The minimum atomic E-state index is -0.475. The predicted octanol–water partition coefficient (Wildman–Crippen LogP) is 2.82. The lowest BCUT2D eigenvalue weighted by Crippen LogP contribution is -2.14. The van der Waals surface area contributed by atoms with Crippen molar-refractivity contribution < 1.29 is 23.8 Å². The molecular weight excluding hydrogens is 292 g/mol. The first-order chi connectivity index (χ1) is 10.1. The van der Waals surface area contributed by atoms with E-state index in [-0.39, 0.29) is 19.2 Å². The van der Waals surface area contributed by atoms with Crippen molar-refractivity contribution in [1.82, 2.24) is 0 Å². The van der Waals surface area contributed by atoms with E-state index in [1.54, 1.807) is 18.2 Å². The van der Waals surface area contributed by atoms with E-state index in [1.165, 1.54) is 11.3 Å². The second-order valence-electron chi connectivity index (χ2n) is 4.50. The van der Waals surface area contributed by atoms with Gasteiger partial charge in [-0.3, -0.25) is 4.79 Å². The number of aryl methyl sites for hydroxylation is 1. The second kappa shape index (κ2) is 5.57. The molecule has 1 aromatic carbocycles. The summed E-state index contributed by atoms with van der Waals surface area (Å²) in [5.74, 6) is 0.381. The molecule has 0 unspecified atom stereocenters. The van der Waals surface area contributed by atoms with Crippen LogP contribution in [-0.2, 0) is 4.74 Å². The van der Waals surface area contributed by atoms with Gasteiger partial charge in [0.15, 0.2) is 23.9 Å². The van der Waals surface area contributed by atoms with E-state index >= 15 is 0 Å². The standard InChI is InChI=1S/C15H12O5S/c1-9-4-5-21-14(9)15(17)18-7-11(16)10-2-3-12-13(6-10)20-8-19-12/h2-6H,7-8H2,1H3. The fraction of sp³-hybridized carbons (Fsp3) is 0.200. The van der Waals surface area contributed by atoms with Crippen LogP contribution in [0.2, 0.25) is 0 Å². The van der Waals surface area contributed by atoms with Gasteiger partial charge in [-0.1, -0.05) is 0 Å². The molecule has 1 aliphatic heterocycles. The maximum atomic E-state index is 12.0. The van der Waals surface area contributed by atoms with Crippen LogP contribution in [0.5, 0.6) is 11.5 Å². The summed E-state index contributed by atoms with van der Waals surface area (Å²) < 4.78 is 15.4. The van der Waals surface area contributed by atoms with Crippen LogP contribution < -0.4 is 9.47 Å². The number of hydrogen-bond acceptors (Lipinski definition) is 6. The van der Waals surface area contributed by atoms with E-state index in [0.29, 0.717) is 21.9 Å². The molecule has 3 rings (SSSR count). The molecule has 21 heavy (non-hydrogen) atoms. The SMILES string of the molecule is Cc1ccsc1C(=O)OCC(=O)c1ccc2c(c1)OCO2. The first-order valence-electron chi connectivity index (χ1n) is 6.29. The Bertz CT molecular complexity index is 704. The zero-order chi connectivity index (χ0) is 14.8. The summed E-state index contributed by atoms with van der Waals surface area (Å²) >= 11 is 1.30. The molecule has 0 fully saturated rings. The molecule has 0 spiro atoms. The van der Waals surface area contributed by atoms with Crippen molar-refractivity contribution in [2.75, 3.05) is 13.4 Å². The van der Waals surface area contributed by atoms with E-state index in [2.05, 4.69) is 0 Å². The first-order valence-corrected chi connectivity index (χ1v) is 7.17. The Kier molecular flexibility index (Phi) is 3.62. The van der Waals surface area contributed by atoms with Crippen LogP contribution in [-0.4, -0.2) is 25.2 Å². The molecule has 0 aliphatic carbocycles. The predicted molar refractivity (Wildman–Crippen MR) is 76.2 cm³/mol. The van der Waals surface area contributed by atoms with Gasteiger partial charge in [-0.2, -0.15) is 0 Å². The van der Waals surface area contributed by atoms with Gasteiger partial charge < -0.3 is 14.2 Å². The van der Waals surface area contributed by atoms with Crippen molar-refractivity contribution in [3.63, 3.8) is 0 Å². The van der Waals surface area contributed by atoms with Gasteiger partial charge in [0, 0.05) is 5.56 Å². The van der Waals surface area contributed by atoms with E-state index < -0.39 is 5.97 Å². The van der Waals surface area contributed by atoms with Crippen molar-refractivity contribution in [3.8, 4) is 11.5 Å². The number of thiophene rings is 1. The van der Waals surface area contributed by atoms with E-state index in [1.807, 2.05) is 18.4 Å². The van der Waals surface area contributed by atoms with Gasteiger partial charge in [0.2, 0.25) is 6.79 Å². The monoisotopic (exact) mass is 304 g/mol. The second-order valence-corrected chi connectivity index (χ2v) is 5.42. The van der Waals surface area contributed by atoms with Gasteiger partial charge in [0.05, 0.1) is 0 Å². The highest BCUT2D eigenvalue weighted by Gasteiger charge is 2.18. The Labute approximate surface area is 125 Å². The molecule has 0 atom stereocenters. The summed E-state index contributed by atoms with van der Waals surface area (Å²) in [6, 6.07) is 6.72. The molecule has 0 N–H and O–H groups in total. The third-order valence-electron chi connectivity index (χ3n) is 3.08. The van der Waals surface area contributed by atoms with Crippen molar-refractivity contribution in [2.24, 2.45) is 0 Å². The molecule has 2 heterocycles. The lowest BCUT2D eigenvalue weighted by atomic mass is 10.1. The Morgan fingerprint density at radius 1 is 1.24 bits per heavy atom. The molecule has 0 radical (unpaired) electrons. The van der Waals surface area contributed by atoms with Crippen molar-refractivity contribution in [3.05, 3.63) is 45.6 Å². The molecule has 0 amide bonds. The third-order valence-corrected chi connectivity index (χ3v) is 4.07. The number of fused-ring (bicyclic) bond motifs is 1. The summed E-state index contributed by atoms with van der Waals surface area (Å²) in [6.45, 7) is 1.68. The van der Waals surface area contributed by atoms with E-state index in [4.69, 9.17) is 14.2 Å². The number of ketones is 1. The number of hydrogen-bond donors (Lipinski definition) is 0. The Balaban J connectivity index is 1.64. The highest BCUT2D eigenvalue weighted by molar-refractivity contribution is 7.12. The zero-order valence-corrected chi connectivity index (χ0v) is 12.1. The summed E-state index contributed by atoms with van der Waals surface area (Å²) in [5, 5.41) is 1.81. The molecule has 0 bridgehead atoms. The average molecular weight is 304 g/mol. The van der Waals surface area contributed by atoms with Crippen LogP contribution in [0, 0.1) is 6.92 Å². The average Bonchev–Trinajstić information content (AvgIpc) is 3.11. The van der Waals surface area contributed by atoms with Gasteiger partial charge in [-0.05, 0) is 42.1 Å². The lowest BCUT2D eigenvalue weighted by molar-refractivity contribution is 0.0479. The van der Waals surface area contributed by atoms with Gasteiger partial charge in [-0.25, -0.2) is 4.79 Å². The first kappa shape index (κ1) is 13.6. The summed E-state index contributed by atoms with van der Waals surface area (Å²) in [5.41, 5.74) is 1.27. The number of esters is 1. The molecule has 108 valence electrons. The van der Waals surface area contributed by atoms with Gasteiger partial charge in [0.25, 0.3) is 0 Å². The van der Waals surface area contributed by atoms with Crippen molar-refractivity contribution >= 4 is 23.1 Å². The number of ether oxygens (including phenoxy) is 3. The number of carbonyl (C=O) groups excluding carboxylic acids is 2. The number of rotatable bonds is 4. The summed E-state index contributed by atoms with van der Waals surface area (Å²) in [4.78, 5) is 24.4. The Morgan fingerprint density at radius 2 is 2.05 bits per heavy atom. The fourth-order valence-corrected chi connectivity index (χ4v) is 2.75. The smallest absolute Gasteiger partial charge is 0.349 e. The number of benzene rings is 1. The molecule has 1 aliphatic rings. The molecule has 2 aromatic rings. The quantitative estimate of drug-likeness (QED) is 0.642. The van der Waals surface area contributed by atoms with Crippen LogP contribution in [0.25, 0.3) is 0 Å².